The second kappa shape index (κ2) is 5.25. The number of hydrogen-bond donors (Lipinski definition) is 1. The van der Waals surface area contributed by atoms with Crippen LogP contribution < -0.4 is 10.0 Å². The zero-order chi connectivity index (χ0) is 14.1. The molecule has 0 saturated carbocycles. The van der Waals surface area contributed by atoms with Crippen molar-refractivity contribution < 1.29 is 14.8 Å². The van der Waals surface area contributed by atoms with Crippen LogP contribution in [0.25, 0.3) is 5.65 Å². The molecule has 5 heteroatoms. The Morgan fingerprint density at radius 2 is 2.20 bits per heavy atom. The smallest absolute Gasteiger partial charge is 0.137 e. The van der Waals surface area contributed by atoms with Crippen molar-refractivity contribution in [2.75, 3.05) is 13.1 Å². The third kappa shape index (κ3) is 2.41. The second-order valence-corrected chi connectivity index (χ2v) is 5.73. The predicted octanol–water partition coefficient (Wildman–Crippen LogP) is -0.487. The van der Waals surface area contributed by atoms with E-state index in [0.717, 1.165) is 24.7 Å². The molecule has 0 radical (unpaired) electrons. The van der Waals surface area contributed by atoms with Crippen molar-refractivity contribution in [1.29, 1.82) is 0 Å². The van der Waals surface area contributed by atoms with Crippen LogP contribution in [0.4, 0.5) is 0 Å². The summed E-state index contributed by atoms with van der Waals surface area (Å²) in [7, 11) is 0. The number of likely N-dealkylation sites (tertiary alicyclic amines) is 1. The van der Waals surface area contributed by atoms with Crippen LogP contribution in [0.1, 0.15) is 35.9 Å². The number of imidazole rings is 1. The molecule has 1 N–H and O–H groups in total. The Morgan fingerprint density at radius 1 is 1.45 bits per heavy atom. The van der Waals surface area contributed by atoms with Crippen molar-refractivity contribution in [3.63, 3.8) is 0 Å². The van der Waals surface area contributed by atoms with Crippen molar-refractivity contribution in [3.05, 3.63) is 35.8 Å². The molecule has 3 heterocycles. The van der Waals surface area contributed by atoms with E-state index in [4.69, 9.17) is 0 Å². The highest BCUT2D eigenvalue weighted by molar-refractivity contribution is 5.86. The number of carboxylic acid groups (broad SMARTS) is 1. The highest BCUT2D eigenvalue weighted by atomic mass is 16.4. The van der Waals surface area contributed by atoms with Gasteiger partial charge in [0, 0.05) is 6.20 Å². The third-order valence-corrected chi connectivity index (χ3v) is 4.22. The average Bonchev–Trinajstić information content (AvgIpc) is 2.81. The lowest BCUT2D eigenvalue weighted by Crippen LogP contribution is -3.11. The number of aromatic nitrogens is 2. The van der Waals surface area contributed by atoms with Crippen LogP contribution >= 0.6 is 0 Å². The summed E-state index contributed by atoms with van der Waals surface area (Å²) in [6.07, 6.45) is 4.27. The number of carbonyl (C=O) groups excluding carboxylic acids is 1. The SMILES string of the molecule is CC1CC[NH+](Cc2c(C(=O)[O-])nc3ccccn23)CC1. The summed E-state index contributed by atoms with van der Waals surface area (Å²) < 4.78 is 1.87. The summed E-state index contributed by atoms with van der Waals surface area (Å²) in [6.45, 7) is 5.15. The number of piperidine rings is 1. The average molecular weight is 273 g/mol. The van der Waals surface area contributed by atoms with Gasteiger partial charge >= 0.3 is 0 Å². The fourth-order valence-corrected chi connectivity index (χ4v) is 2.96. The first-order chi connectivity index (χ1) is 9.65. The molecule has 1 aliphatic heterocycles. The van der Waals surface area contributed by atoms with Crippen LogP contribution in [0, 0.1) is 5.92 Å². The Hall–Kier alpha value is -1.88. The highest BCUT2D eigenvalue weighted by Crippen LogP contribution is 2.12. The monoisotopic (exact) mass is 273 g/mol. The maximum atomic E-state index is 11.3. The lowest BCUT2D eigenvalue weighted by Gasteiger charge is -2.27. The van der Waals surface area contributed by atoms with E-state index in [1.807, 2.05) is 28.8 Å². The maximum absolute atomic E-state index is 11.3. The number of nitrogens with one attached hydrogen (secondary N) is 1. The van der Waals surface area contributed by atoms with E-state index in [9.17, 15) is 9.90 Å². The Kier molecular flexibility index (Phi) is 3.44. The zero-order valence-corrected chi connectivity index (χ0v) is 11.6. The molecule has 1 fully saturated rings. The molecular formula is C15H19N3O2. The van der Waals surface area contributed by atoms with E-state index < -0.39 is 5.97 Å². The van der Waals surface area contributed by atoms with Gasteiger partial charge in [0.15, 0.2) is 0 Å². The molecule has 0 aliphatic carbocycles. The van der Waals surface area contributed by atoms with Crippen LogP contribution in [-0.2, 0) is 6.54 Å². The van der Waals surface area contributed by atoms with Gasteiger partial charge in [-0.05, 0) is 30.9 Å². The van der Waals surface area contributed by atoms with Crippen molar-refractivity contribution in [2.45, 2.75) is 26.3 Å². The number of hydrogen-bond acceptors (Lipinski definition) is 3. The summed E-state index contributed by atoms with van der Waals surface area (Å²) in [5.74, 6) is -0.407. The summed E-state index contributed by atoms with van der Waals surface area (Å²) >= 11 is 0. The minimum atomic E-state index is -1.19. The molecule has 1 aliphatic rings. The molecule has 3 rings (SSSR count). The van der Waals surface area contributed by atoms with E-state index in [-0.39, 0.29) is 5.69 Å². The van der Waals surface area contributed by atoms with Crippen molar-refractivity contribution in [2.24, 2.45) is 5.92 Å². The Labute approximate surface area is 117 Å². The van der Waals surface area contributed by atoms with Gasteiger partial charge in [0.2, 0.25) is 0 Å². The molecular weight excluding hydrogens is 254 g/mol. The van der Waals surface area contributed by atoms with Crippen molar-refractivity contribution in [3.8, 4) is 0 Å². The fourth-order valence-electron chi connectivity index (χ4n) is 2.96. The minimum absolute atomic E-state index is 0.0855. The Balaban J connectivity index is 1.93. The molecule has 0 bridgehead atoms. The molecule has 0 atom stereocenters. The lowest BCUT2D eigenvalue weighted by atomic mass is 9.99. The van der Waals surface area contributed by atoms with Gasteiger partial charge in [-0.3, -0.25) is 4.40 Å². The van der Waals surface area contributed by atoms with E-state index >= 15 is 0 Å². The molecule has 2 aromatic rings. The number of rotatable bonds is 3. The third-order valence-electron chi connectivity index (χ3n) is 4.22. The number of nitrogens with zero attached hydrogens (tertiary/aromatic N) is 2. The Bertz CT molecular complexity index is 627. The number of quaternary nitrogens is 1. The fraction of sp³-hybridized carbons (Fsp3) is 0.467. The first-order valence-electron chi connectivity index (χ1n) is 7.16. The van der Waals surface area contributed by atoms with Crippen molar-refractivity contribution in [1.82, 2.24) is 9.38 Å². The summed E-state index contributed by atoms with van der Waals surface area (Å²) in [4.78, 5) is 16.9. The molecule has 2 aromatic heterocycles. The molecule has 106 valence electrons. The number of aromatic carboxylic acids is 1. The maximum Gasteiger partial charge on any atom is 0.137 e. The standard InChI is InChI=1S/C15H19N3O2/c1-11-5-8-17(9-6-11)10-12-14(15(19)20)16-13-4-2-3-7-18(12)13/h2-4,7,11H,5-6,8-10H2,1H3,(H,19,20). The molecule has 0 unspecified atom stereocenters. The number of carbonyl (C=O) groups is 1. The molecule has 20 heavy (non-hydrogen) atoms. The van der Waals surface area contributed by atoms with Gasteiger partial charge in [-0.25, -0.2) is 4.98 Å². The van der Waals surface area contributed by atoms with Crippen molar-refractivity contribution >= 4 is 11.6 Å². The lowest BCUT2D eigenvalue weighted by molar-refractivity contribution is -0.920. The van der Waals surface area contributed by atoms with Gasteiger partial charge in [0.25, 0.3) is 0 Å². The number of fused-ring (bicyclic) bond motifs is 1. The van der Waals surface area contributed by atoms with Crippen LogP contribution in [0.5, 0.6) is 0 Å². The van der Waals surface area contributed by atoms with Crippen LogP contribution in [0.15, 0.2) is 24.4 Å². The van der Waals surface area contributed by atoms with Gasteiger partial charge in [0.1, 0.15) is 23.6 Å². The number of carboxylic acids is 1. The summed E-state index contributed by atoms with van der Waals surface area (Å²) in [5.41, 5.74) is 1.51. The van der Waals surface area contributed by atoms with Crippen LogP contribution in [0.2, 0.25) is 0 Å². The molecule has 1 saturated heterocycles. The second-order valence-electron chi connectivity index (χ2n) is 5.73. The topological polar surface area (TPSA) is 61.9 Å². The normalized spacial score (nSPS) is 23.1. The van der Waals surface area contributed by atoms with Gasteiger partial charge in [-0.2, -0.15) is 0 Å². The van der Waals surface area contributed by atoms with Gasteiger partial charge < -0.3 is 14.8 Å². The van der Waals surface area contributed by atoms with E-state index in [0.29, 0.717) is 12.2 Å². The number of pyridine rings is 1. The van der Waals surface area contributed by atoms with E-state index in [1.165, 1.54) is 17.7 Å². The van der Waals surface area contributed by atoms with Crippen LogP contribution in [0.3, 0.4) is 0 Å². The molecule has 0 spiro atoms. The Morgan fingerprint density at radius 3 is 2.90 bits per heavy atom. The predicted molar refractivity (Wildman–Crippen MR) is 72.3 cm³/mol. The highest BCUT2D eigenvalue weighted by Gasteiger charge is 2.22. The van der Waals surface area contributed by atoms with Gasteiger partial charge in [-0.1, -0.05) is 13.0 Å². The quantitative estimate of drug-likeness (QED) is 0.821. The summed E-state index contributed by atoms with van der Waals surface area (Å²) in [5, 5.41) is 11.3. The van der Waals surface area contributed by atoms with E-state index in [1.54, 1.807) is 0 Å². The zero-order valence-electron chi connectivity index (χ0n) is 11.6. The first-order valence-corrected chi connectivity index (χ1v) is 7.16. The first kappa shape index (κ1) is 13.1. The largest absolute Gasteiger partial charge is 0.543 e. The van der Waals surface area contributed by atoms with Gasteiger partial charge in [-0.15, -0.1) is 0 Å². The van der Waals surface area contributed by atoms with Gasteiger partial charge in [0.05, 0.1) is 19.1 Å². The summed E-state index contributed by atoms with van der Waals surface area (Å²) in [6, 6.07) is 5.58. The molecule has 0 amide bonds. The van der Waals surface area contributed by atoms with Crippen LogP contribution in [-0.4, -0.2) is 28.4 Å². The minimum Gasteiger partial charge on any atom is -0.543 e. The molecule has 5 nitrogen and oxygen atoms in total. The van der Waals surface area contributed by atoms with E-state index in [2.05, 4.69) is 11.9 Å². The molecule has 0 aromatic carbocycles.